The van der Waals surface area contributed by atoms with E-state index in [0.29, 0.717) is 30.9 Å². The van der Waals surface area contributed by atoms with Gasteiger partial charge in [0, 0.05) is 31.5 Å². The summed E-state index contributed by atoms with van der Waals surface area (Å²) in [7, 11) is 0. The average Bonchev–Trinajstić information content (AvgIpc) is 2.60. The molecule has 26 heavy (non-hydrogen) atoms. The standard InChI is InChI=1S/C20H23FN2O3/c1-2-26-10-9-23-13-14(7-8-19(23)24)20(25)22-16-11-15(12-16)17-5-3-4-6-18(17)21/h3-8,13,15-16H,2,9-12H2,1H3,(H,22,25). The fourth-order valence-electron chi connectivity index (χ4n) is 3.21. The lowest BCUT2D eigenvalue weighted by atomic mass is 9.75. The first-order valence-electron chi connectivity index (χ1n) is 8.92. The SMILES string of the molecule is CCOCCn1cc(C(=O)NC2CC(c3ccccc3F)C2)ccc1=O. The first-order chi connectivity index (χ1) is 12.6. The van der Waals surface area contributed by atoms with Gasteiger partial charge in [-0.25, -0.2) is 4.39 Å². The molecule has 138 valence electrons. The molecular weight excluding hydrogens is 335 g/mol. The van der Waals surface area contributed by atoms with E-state index in [1.165, 1.54) is 22.8 Å². The Morgan fingerprint density at radius 1 is 1.27 bits per heavy atom. The Morgan fingerprint density at radius 2 is 2.04 bits per heavy atom. The van der Waals surface area contributed by atoms with Crippen molar-refractivity contribution in [2.24, 2.45) is 0 Å². The number of benzene rings is 1. The number of hydrogen-bond donors (Lipinski definition) is 1. The largest absolute Gasteiger partial charge is 0.380 e. The number of nitrogens with zero attached hydrogens (tertiary/aromatic N) is 1. The Morgan fingerprint density at radius 3 is 2.77 bits per heavy atom. The molecule has 0 aliphatic heterocycles. The van der Waals surface area contributed by atoms with Gasteiger partial charge in [0.05, 0.1) is 12.2 Å². The predicted molar refractivity (Wildman–Crippen MR) is 96.8 cm³/mol. The average molecular weight is 358 g/mol. The van der Waals surface area contributed by atoms with Gasteiger partial charge in [0.15, 0.2) is 0 Å². The maximum absolute atomic E-state index is 13.8. The van der Waals surface area contributed by atoms with Gasteiger partial charge in [-0.2, -0.15) is 0 Å². The number of ether oxygens (including phenoxy) is 1. The second-order valence-corrected chi connectivity index (χ2v) is 6.51. The molecule has 1 aliphatic carbocycles. The van der Waals surface area contributed by atoms with Crippen LogP contribution in [0.15, 0.2) is 47.4 Å². The first kappa shape index (κ1) is 18.3. The Kier molecular flexibility index (Phi) is 5.83. The van der Waals surface area contributed by atoms with E-state index < -0.39 is 0 Å². The molecule has 0 radical (unpaired) electrons. The van der Waals surface area contributed by atoms with Crippen LogP contribution in [0.3, 0.4) is 0 Å². The zero-order valence-corrected chi connectivity index (χ0v) is 14.8. The summed E-state index contributed by atoms with van der Waals surface area (Å²) in [4.78, 5) is 24.3. The van der Waals surface area contributed by atoms with Gasteiger partial charge in [0.2, 0.25) is 0 Å². The number of carbonyl (C=O) groups excluding carboxylic acids is 1. The highest BCUT2D eigenvalue weighted by Gasteiger charge is 2.33. The molecule has 1 saturated carbocycles. The molecule has 0 saturated heterocycles. The Hall–Kier alpha value is -2.47. The number of pyridine rings is 1. The summed E-state index contributed by atoms with van der Waals surface area (Å²) in [6, 6.07) is 9.72. The molecule has 1 fully saturated rings. The third-order valence-electron chi connectivity index (χ3n) is 4.74. The first-order valence-corrected chi connectivity index (χ1v) is 8.92. The van der Waals surface area contributed by atoms with Crippen LogP contribution in [0, 0.1) is 5.82 Å². The summed E-state index contributed by atoms with van der Waals surface area (Å²) in [5.41, 5.74) is 0.988. The zero-order chi connectivity index (χ0) is 18.5. The van der Waals surface area contributed by atoms with E-state index in [2.05, 4.69) is 5.32 Å². The molecule has 3 rings (SSSR count). The molecule has 1 N–H and O–H groups in total. The minimum atomic E-state index is -0.216. The number of aromatic nitrogens is 1. The summed E-state index contributed by atoms with van der Waals surface area (Å²) in [6.07, 6.45) is 3.00. The number of rotatable bonds is 7. The fraction of sp³-hybridized carbons (Fsp3) is 0.400. The van der Waals surface area contributed by atoms with Crippen LogP contribution < -0.4 is 10.9 Å². The van der Waals surface area contributed by atoms with E-state index in [1.807, 2.05) is 13.0 Å². The Balaban J connectivity index is 1.57. The third-order valence-corrected chi connectivity index (χ3v) is 4.74. The molecule has 0 bridgehead atoms. The predicted octanol–water partition coefficient (Wildman–Crippen LogP) is 2.70. The minimum absolute atomic E-state index is 0.0240. The molecule has 1 amide bonds. The van der Waals surface area contributed by atoms with Gasteiger partial charge >= 0.3 is 0 Å². The van der Waals surface area contributed by atoms with Gasteiger partial charge in [-0.1, -0.05) is 18.2 Å². The van der Waals surface area contributed by atoms with Crippen LogP contribution >= 0.6 is 0 Å². The van der Waals surface area contributed by atoms with Gasteiger partial charge in [-0.05, 0) is 43.4 Å². The summed E-state index contributed by atoms with van der Waals surface area (Å²) >= 11 is 0. The second kappa shape index (κ2) is 8.27. The topological polar surface area (TPSA) is 60.3 Å². The molecule has 6 heteroatoms. The number of carbonyl (C=O) groups is 1. The van der Waals surface area contributed by atoms with Crippen molar-refractivity contribution in [3.63, 3.8) is 0 Å². The Labute approximate surface area is 151 Å². The van der Waals surface area contributed by atoms with Crippen molar-refractivity contribution >= 4 is 5.91 Å². The summed E-state index contributed by atoms with van der Waals surface area (Å²) in [5.74, 6) is -0.266. The van der Waals surface area contributed by atoms with Crippen molar-refractivity contribution in [2.75, 3.05) is 13.2 Å². The summed E-state index contributed by atoms with van der Waals surface area (Å²) in [6.45, 7) is 3.31. The molecule has 5 nitrogen and oxygen atoms in total. The van der Waals surface area contributed by atoms with Crippen LogP contribution in [-0.2, 0) is 11.3 Å². The number of halogens is 1. The van der Waals surface area contributed by atoms with E-state index in [-0.39, 0.29) is 29.2 Å². The van der Waals surface area contributed by atoms with Gasteiger partial charge < -0.3 is 14.6 Å². The van der Waals surface area contributed by atoms with Crippen LogP contribution in [0.2, 0.25) is 0 Å². The van der Waals surface area contributed by atoms with Gasteiger partial charge in [-0.3, -0.25) is 9.59 Å². The van der Waals surface area contributed by atoms with Crippen molar-refractivity contribution < 1.29 is 13.9 Å². The zero-order valence-electron chi connectivity index (χ0n) is 14.8. The summed E-state index contributed by atoms with van der Waals surface area (Å²) in [5, 5.41) is 2.96. The second-order valence-electron chi connectivity index (χ2n) is 6.51. The van der Waals surface area contributed by atoms with Crippen LogP contribution in [0.1, 0.15) is 41.6 Å². The molecule has 1 aliphatic rings. The molecule has 1 aromatic carbocycles. The molecule has 0 spiro atoms. The van der Waals surface area contributed by atoms with Crippen LogP contribution in [-0.4, -0.2) is 29.7 Å². The van der Waals surface area contributed by atoms with Crippen molar-refractivity contribution in [3.05, 3.63) is 69.9 Å². The van der Waals surface area contributed by atoms with Crippen LogP contribution in [0.4, 0.5) is 4.39 Å². The van der Waals surface area contributed by atoms with Crippen molar-refractivity contribution in [3.8, 4) is 0 Å². The van der Waals surface area contributed by atoms with Gasteiger partial charge in [0.1, 0.15) is 5.82 Å². The van der Waals surface area contributed by atoms with E-state index in [4.69, 9.17) is 4.74 Å². The van der Waals surface area contributed by atoms with E-state index in [9.17, 15) is 14.0 Å². The highest BCUT2D eigenvalue weighted by molar-refractivity contribution is 5.94. The normalized spacial score (nSPS) is 19.0. The van der Waals surface area contributed by atoms with Crippen LogP contribution in [0.5, 0.6) is 0 Å². The molecule has 0 unspecified atom stereocenters. The van der Waals surface area contributed by atoms with Crippen molar-refractivity contribution in [1.29, 1.82) is 0 Å². The highest BCUT2D eigenvalue weighted by Crippen LogP contribution is 2.38. The lowest BCUT2D eigenvalue weighted by molar-refractivity contribution is 0.0906. The number of amides is 1. The molecule has 2 aromatic rings. The van der Waals surface area contributed by atoms with Gasteiger partial charge in [0.25, 0.3) is 11.5 Å². The molecule has 1 aromatic heterocycles. The van der Waals surface area contributed by atoms with Crippen molar-refractivity contribution in [2.45, 2.75) is 38.3 Å². The van der Waals surface area contributed by atoms with Crippen LogP contribution in [0.25, 0.3) is 0 Å². The summed E-state index contributed by atoms with van der Waals surface area (Å²) < 4.78 is 20.5. The number of hydrogen-bond acceptors (Lipinski definition) is 3. The number of nitrogens with one attached hydrogen (secondary N) is 1. The lowest BCUT2D eigenvalue weighted by Gasteiger charge is -2.36. The molecular formula is C20H23FN2O3. The Bertz CT molecular complexity index is 828. The van der Waals surface area contributed by atoms with Crippen molar-refractivity contribution in [1.82, 2.24) is 9.88 Å². The monoisotopic (exact) mass is 358 g/mol. The van der Waals surface area contributed by atoms with E-state index >= 15 is 0 Å². The minimum Gasteiger partial charge on any atom is -0.380 e. The lowest BCUT2D eigenvalue weighted by Crippen LogP contribution is -2.43. The molecule has 0 atom stereocenters. The van der Waals surface area contributed by atoms with E-state index in [1.54, 1.807) is 18.3 Å². The quantitative estimate of drug-likeness (QED) is 0.774. The fourth-order valence-corrected chi connectivity index (χ4v) is 3.21. The third kappa shape index (κ3) is 4.19. The maximum Gasteiger partial charge on any atom is 0.252 e. The highest BCUT2D eigenvalue weighted by atomic mass is 19.1. The van der Waals surface area contributed by atoms with E-state index in [0.717, 1.165) is 12.8 Å². The smallest absolute Gasteiger partial charge is 0.252 e. The maximum atomic E-state index is 13.8. The molecule has 1 heterocycles. The van der Waals surface area contributed by atoms with Gasteiger partial charge in [-0.15, -0.1) is 0 Å².